The second-order valence-electron chi connectivity index (χ2n) is 7.81. The molecular weight excluding hydrogens is 360 g/mol. The molecule has 2 bridgehead atoms. The zero-order valence-electron chi connectivity index (χ0n) is 18.1. The van der Waals surface area contributed by atoms with Gasteiger partial charge in [-0.3, -0.25) is 14.6 Å². The summed E-state index contributed by atoms with van der Waals surface area (Å²) < 4.78 is 17.3. The van der Waals surface area contributed by atoms with Gasteiger partial charge in [0.25, 0.3) is 0 Å². The van der Waals surface area contributed by atoms with Gasteiger partial charge in [-0.05, 0) is 39.9 Å². The summed E-state index contributed by atoms with van der Waals surface area (Å²) in [4.78, 5) is 13.2. The number of hydrogen-bond donors (Lipinski definition) is 0. The molecule has 3 saturated heterocycles. The van der Waals surface area contributed by atoms with E-state index in [-0.39, 0.29) is 0 Å². The van der Waals surface area contributed by atoms with E-state index in [2.05, 4.69) is 28.8 Å². The summed E-state index contributed by atoms with van der Waals surface area (Å²) >= 11 is 0. The van der Waals surface area contributed by atoms with Crippen molar-refractivity contribution in [1.82, 2.24) is 19.8 Å². The van der Waals surface area contributed by atoms with Gasteiger partial charge in [0.15, 0.2) is 0 Å². The predicted octanol–water partition coefficient (Wildman–Crippen LogP) is 0.590. The maximum Gasteiger partial charge on any atom is 0.121 e. The minimum atomic E-state index is 0.586. The summed E-state index contributed by atoms with van der Waals surface area (Å²) in [6.45, 7) is 12.6. The van der Waals surface area contributed by atoms with Crippen molar-refractivity contribution in [2.24, 2.45) is 0 Å². The van der Waals surface area contributed by atoms with Gasteiger partial charge in [0.2, 0.25) is 0 Å². The van der Waals surface area contributed by atoms with Gasteiger partial charge >= 0.3 is 0 Å². The van der Waals surface area contributed by atoms with Crippen molar-refractivity contribution in [2.45, 2.75) is 19.3 Å². The van der Waals surface area contributed by atoms with Crippen molar-refractivity contribution in [3.63, 3.8) is 0 Å². The van der Waals surface area contributed by atoms with Crippen LogP contribution >= 0.6 is 0 Å². The topological polar surface area (TPSA) is 49.9 Å². The highest BCUT2D eigenvalue weighted by Gasteiger charge is 2.11. The number of ether oxygens (including phenoxy) is 3. The van der Waals surface area contributed by atoms with Crippen LogP contribution in [0, 0.1) is 0 Å². The molecule has 2 atom stereocenters. The number of fused-ring (bicyclic) bond motifs is 21. The summed E-state index contributed by atoms with van der Waals surface area (Å²) in [5.74, 6) is 0. The minimum absolute atomic E-state index is 0.586. The van der Waals surface area contributed by atoms with Gasteiger partial charge in [-0.2, -0.15) is 5.06 Å². The Morgan fingerprint density at radius 1 is 0.500 bits per heavy atom. The molecule has 0 saturated carbocycles. The molecule has 3 aliphatic heterocycles. The Balaban J connectivity index is 1.96. The molecule has 0 N–H and O–H groups in total. The van der Waals surface area contributed by atoms with Crippen LogP contribution in [0.1, 0.15) is 19.3 Å². The van der Waals surface area contributed by atoms with Gasteiger partial charge < -0.3 is 19.1 Å². The Morgan fingerprint density at radius 2 is 1.14 bits per heavy atom. The molecule has 0 spiro atoms. The molecule has 3 heterocycles. The Labute approximate surface area is 171 Å². The molecule has 0 radical (unpaired) electrons. The van der Waals surface area contributed by atoms with Crippen molar-refractivity contribution in [3.05, 3.63) is 0 Å². The number of likely N-dealkylation sites (N-methyl/N-ethyl adjacent to an activating group) is 2. The molecule has 0 aliphatic carbocycles. The highest BCUT2D eigenvalue weighted by atomic mass is 16.7. The SMILES string of the molecule is CN1CCN(C)CON2CCOCCCCCN(CCOCCOCC2)CC1. The zero-order chi connectivity index (χ0) is 19.9. The molecule has 2 unspecified atom stereocenters. The lowest BCUT2D eigenvalue weighted by atomic mass is 10.2. The van der Waals surface area contributed by atoms with Crippen molar-refractivity contribution in [1.29, 1.82) is 0 Å². The highest BCUT2D eigenvalue weighted by Crippen LogP contribution is 2.02. The molecule has 28 heavy (non-hydrogen) atoms. The lowest BCUT2D eigenvalue weighted by molar-refractivity contribution is -0.200. The number of nitrogens with zero attached hydrogens (tertiary/aromatic N) is 4. The van der Waals surface area contributed by atoms with Gasteiger partial charge in [0.1, 0.15) is 6.73 Å². The third-order valence-electron chi connectivity index (χ3n) is 5.28. The second kappa shape index (κ2) is 15.5. The van der Waals surface area contributed by atoms with Crippen molar-refractivity contribution in [3.8, 4) is 0 Å². The van der Waals surface area contributed by atoms with Crippen molar-refractivity contribution >= 4 is 0 Å². The molecule has 3 aliphatic rings. The maximum atomic E-state index is 6.01. The van der Waals surface area contributed by atoms with E-state index in [0.29, 0.717) is 33.2 Å². The summed E-state index contributed by atoms with van der Waals surface area (Å²) in [5, 5.41) is 1.98. The fraction of sp³-hybridized carbons (Fsp3) is 1.00. The van der Waals surface area contributed by atoms with E-state index in [1.807, 2.05) is 5.06 Å². The largest absolute Gasteiger partial charge is 0.380 e. The highest BCUT2D eigenvalue weighted by molar-refractivity contribution is 4.63. The van der Waals surface area contributed by atoms with Gasteiger partial charge in [-0.25, -0.2) is 0 Å². The summed E-state index contributed by atoms with van der Waals surface area (Å²) in [6, 6.07) is 0. The second-order valence-corrected chi connectivity index (χ2v) is 7.81. The van der Waals surface area contributed by atoms with E-state index < -0.39 is 0 Å². The number of hydrogen-bond acceptors (Lipinski definition) is 8. The Hall–Kier alpha value is -0.320. The summed E-state index contributed by atoms with van der Waals surface area (Å²) in [7, 11) is 4.32. The molecular formula is C20H42N4O4. The van der Waals surface area contributed by atoms with Crippen LogP contribution in [0.5, 0.6) is 0 Å². The Kier molecular flexibility index (Phi) is 13.3. The maximum absolute atomic E-state index is 6.01. The van der Waals surface area contributed by atoms with E-state index in [4.69, 9.17) is 19.0 Å². The van der Waals surface area contributed by atoms with Gasteiger partial charge in [0.05, 0.1) is 33.0 Å². The normalized spacial score (nSPS) is 30.6. The first-order valence-electron chi connectivity index (χ1n) is 10.9. The molecule has 3 rings (SSSR count). The number of rotatable bonds is 0. The smallest absolute Gasteiger partial charge is 0.121 e. The van der Waals surface area contributed by atoms with Crippen LogP contribution in [0.2, 0.25) is 0 Å². The van der Waals surface area contributed by atoms with Crippen LogP contribution in [-0.4, -0.2) is 133 Å². The first-order chi connectivity index (χ1) is 13.7. The molecule has 0 aromatic rings. The van der Waals surface area contributed by atoms with Crippen LogP contribution in [0.25, 0.3) is 0 Å². The molecule has 8 heteroatoms. The summed E-state index contributed by atoms with van der Waals surface area (Å²) in [5.41, 5.74) is 0. The first kappa shape index (κ1) is 24.0. The first-order valence-corrected chi connectivity index (χ1v) is 10.9. The quantitative estimate of drug-likeness (QED) is 0.584. The fourth-order valence-corrected chi connectivity index (χ4v) is 3.25. The third-order valence-corrected chi connectivity index (χ3v) is 5.28. The fourth-order valence-electron chi connectivity index (χ4n) is 3.25. The number of hydroxylamine groups is 2. The van der Waals surface area contributed by atoms with Crippen molar-refractivity contribution in [2.75, 3.05) is 113 Å². The summed E-state index contributed by atoms with van der Waals surface area (Å²) in [6.07, 6.45) is 3.55. The lowest BCUT2D eigenvalue weighted by Gasteiger charge is -2.28. The average Bonchev–Trinajstić information content (AvgIpc) is 2.69. The van der Waals surface area contributed by atoms with E-state index >= 15 is 0 Å². The Bertz CT molecular complexity index is 324. The van der Waals surface area contributed by atoms with Crippen LogP contribution in [0.3, 0.4) is 0 Å². The molecule has 8 nitrogen and oxygen atoms in total. The van der Waals surface area contributed by atoms with E-state index in [1.54, 1.807) is 0 Å². The predicted molar refractivity (Wildman–Crippen MR) is 110 cm³/mol. The van der Waals surface area contributed by atoms with Crippen molar-refractivity contribution < 1.29 is 19.0 Å². The third kappa shape index (κ3) is 11.6. The van der Waals surface area contributed by atoms with Gasteiger partial charge in [-0.15, -0.1) is 0 Å². The molecule has 0 aromatic heterocycles. The zero-order valence-corrected chi connectivity index (χ0v) is 18.1. The molecule has 0 aromatic carbocycles. The van der Waals surface area contributed by atoms with E-state index in [0.717, 1.165) is 72.0 Å². The van der Waals surface area contributed by atoms with E-state index in [9.17, 15) is 0 Å². The lowest BCUT2D eigenvalue weighted by Crippen LogP contribution is -2.40. The monoisotopic (exact) mass is 402 g/mol. The van der Waals surface area contributed by atoms with E-state index in [1.165, 1.54) is 12.8 Å². The van der Waals surface area contributed by atoms with Crippen LogP contribution in [0.4, 0.5) is 0 Å². The molecule has 0 amide bonds. The molecule has 3 fully saturated rings. The average molecular weight is 403 g/mol. The molecule has 166 valence electrons. The van der Waals surface area contributed by atoms with Crippen LogP contribution in [0.15, 0.2) is 0 Å². The standard InChI is InChI=1S/C20H42N4O4/c1-21-7-8-22(2)20-28-24-12-16-25-14-5-3-4-6-23(10-9-21)11-15-26-18-19-27-17-13-24/h3-20H2,1-2H3. The van der Waals surface area contributed by atoms with Crippen LogP contribution < -0.4 is 0 Å². The van der Waals surface area contributed by atoms with Gasteiger partial charge in [-0.1, -0.05) is 0 Å². The Morgan fingerprint density at radius 3 is 1.93 bits per heavy atom. The van der Waals surface area contributed by atoms with Gasteiger partial charge in [0, 0.05) is 52.4 Å². The minimum Gasteiger partial charge on any atom is -0.380 e. The van der Waals surface area contributed by atoms with Crippen LogP contribution in [-0.2, 0) is 19.0 Å².